The number of likely N-dealkylation sites (tertiary alicyclic amines) is 1. The lowest BCUT2D eigenvalue weighted by atomic mass is 9.83. The molecule has 6 heteroatoms. The summed E-state index contributed by atoms with van der Waals surface area (Å²) in [5.41, 5.74) is 7.21. The number of pyridine rings is 1. The number of halogens is 1. The number of amides is 1. The molecular formula is C17H26ClN3O2. The number of nitrogens with zero attached hydrogens (tertiary/aromatic N) is 2. The van der Waals surface area contributed by atoms with E-state index in [-0.39, 0.29) is 29.8 Å². The van der Waals surface area contributed by atoms with Crippen molar-refractivity contribution >= 4 is 18.3 Å². The van der Waals surface area contributed by atoms with E-state index >= 15 is 0 Å². The Morgan fingerprint density at radius 3 is 2.74 bits per heavy atom. The zero-order valence-corrected chi connectivity index (χ0v) is 14.6. The maximum atomic E-state index is 12.6. The molecule has 3 rings (SSSR count). The molecule has 2 aliphatic rings. The summed E-state index contributed by atoms with van der Waals surface area (Å²) < 4.78 is 1.88. The molecule has 0 aliphatic carbocycles. The normalized spacial score (nSPS) is 23.9. The minimum absolute atomic E-state index is 0. The number of hydrogen-bond acceptors (Lipinski definition) is 3. The predicted octanol–water partition coefficient (Wildman–Crippen LogP) is 1.59. The smallest absolute Gasteiger partial charge is 0.250 e. The van der Waals surface area contributed by atoms with Crippen molar-refractivity contribution in [2.75, 3.05) is 13.1 Å². The van der Waals surface area contributed by atoms with Crippen LogP contribution >= 0.6 is 12.4 Å². The van der Waals surface area contributed by atoms with Crippen molar-refractivity contribution in [3.8, 4) is 0 Å². The highest BCUT2D eigenvalue weighted by molar-refractivity contribution is 5.85. The number of hydrogen-bond donors (Lipinski definition) is 1. The van der Waals surface area contributed by atoms with Crippen LogP contribution in [0.25, 0.3) is 0 Å². The lowest BCUT2D eigenvalue weighted by Crippen LogP contribution is -2.53. The first-order valence-corrected chi connectivity index (χ1v) is 8.19. The zero-order chi connectivity index (χ0) is 15.9. The Kier molecular flexibility index (Phi) is 5.53. The van der Waals surface area contributed by atoms with Crippen molar-refractivity contribution in [3.05, 3.63) is 34.2 Å². The highest BCUT2D eigenvalue weighted by Gasteiger charge is 2.37. The monoisotopic (exact) mass is 339 g/mol. The van der Waals surface area contributed by atoms with Gasteiger partial charge < -0.3 is 15.2 Å². The second-order valence-electron chi connectivity index (χ2n) is 7.18. The number of piperidine rings is 1. The topological polar surface area (TPSA) is 68.3 Å². The van der Waals surface area contributed by atoms with Crippen LogP contribution in [-0.4, -0.2) is 34.5 Å². The molecule has 1 amide bonds. The maximum absolute atomic E-state index is 12.6. The highest BCUT2D eigenvalue weighted by Crippen LogP contribution is 2.35. The van der Waals surface area contributed by atoms with E-state index in [1.54, 1.807) is 6.07 Å². The van der Waals surface area contributed by atoms with Gasteiger partial charge in [-0.05, 0) is 30.7 Å². The summed E-state index contributed by atoms with van der Waals surface area (Å²) in [4.78, 5) is 26.5. The van der Waals surface area contributed by atoms with Gasteiger partial charge in [-0.3, -0.25) is 9.59 Å². The van der Waals surface area contributed by atoms with E-state index < -0.39 is 6.04 Å². The van der Waals surface area contributed by atoms with Crippen LogP contribution in [0.15, 0.2) is 23.0 Å². The van der Waals surface area contributed by atoms with Gasteiger partial charge in [0.2, 0.25) is 5.91 Å². The lowest BCUT2D eigenvalue weighted by Gasteiger charge is -2.43. The molecule has 128 valence electrons. The first kappa shape index (κ1) is 18.0. The molecule has 5 nitrogen and oxygen atoms in total. The fourth-order valence-corrected chi connectivity index (χ4v) is 3.92. The minimum Gasteiger partial charge on any atom is -0.340 e. The van der Waals surface area contributed by atoms with Crippen LogP contribution in [0.5, 0.6) is 0 Å². The quantitative estimate of drug-likeness (QED) is 0.909. The van der Waals surface area contributed by atoms with Crippen molar-refractivity contribution in [1.82, 2.24) is 9.47 Å². The van der Waals surface area contributed by atoms with Crippen molar-refractivity contribution in [3.63, 3.8) is 0 Å². The minimum atomic E-state index is -0.406. The fraction of sp³-hybridized carbons (Fsp3) is 0.647. The van der Waals surface area contributed by atoms with Crippen LogP contribution in [0.2, 0.25) is 0 Å². The van der Waals surface area contributed by atoms with E-state index in [4.69, 9.17) is 5.73 Å². The molecule has 0 radical (unpaired) electrons. The van der Waals surface area contributed by atoms with Crippen LogP contribution in [0, 0.1) is 11.8 Å². The summed E-state index contributed by atoms with van der Waals surface area (Å²) >= 11 is 0. The molecule has 3 heterocycles. The highest BCUT2D eigenvalue weighted by atomic mass is 35.5. The number of carbonyl (C=O) groups excluding carboxylic acids is 1. The number of aromatic nitrogens is 1. The molecule has 2 aliphatic heterocycles. The average Bonchev–Trinajstić information content (AvgIpc) is 2.46. The zero-order valence-electron chi connectivity index (χ0n) is 13.8. The van der Waals surface area contributed by atoms with Gasteiger partial charge >= 0.3 is 0 Å². The average molecular weight is 340 g/mol. The second-order valence-corrected chi connectivity index (χ2v) is 7.18. The molecule has 3 atom stereocenters. The molecule has 1 saturated heterocycles. The van der Waals surface area contributed by atoms with E-state index in [2.05, 4.69) is 13.8 Å². The summed E-state index contributed by atoms with van der Waals surface area (Å²) in [6.45, 7) is 6.29. The van der Waals surface area contributed by atoms with Crippen LogP contribution in [-0.2, 0) is 11.3 Å². The number of carbonyl (C=O) groups is 1. The van der Waals surface area contributed by atoms with Crippen molar-refractivity contribution in [2.45, 2.75) is 45.2 Å². The SMILES string of the molecule is CC(C)C[C@@H](N)C(=O)N1CC2C[C@@H](C1)Cn1c2cccc1=O.Cl. The van der Waals surface area contributed by atoms with Gasteiger partial charge in [-0.25, -0.2) is 0 Å². The summed E-state index contributed by atoms with van der Waals surface area (Å²) in [6, 6.07) is 5.05. The Morgan fingerprint density at radius 2 is 2.04 bits per heavy atom. The van der Waals surface area contributed by atoms with E-state index in [1.165, 1.54) is 0 Å². The molecule has 1 aromatic rings. The summed E-state index contributed by atoms with van der Waals surface area (Å²) in [7, 11) is 0. The summed E-state index contributed by atoms with van der Waals surface area (Å²) in [5.74, 6) is 1.11. The molecule has 1 unspecified atom stereocenters. The van der Waals surface area contributed by atoms with Gasteiger partial charge in [0.25, 0.3) is 5.56 Å². The van der Waals surface area contributed by atoms with Gasteiger partial charge in [-0.15, -0.1) is 12.4 Å². The van der Waals surface area contributed by atoms with Crippen molar-refractivity contribution in [1.29, 1.82) is 0 Å². The molecule has 1 aromatic heterocycles. The lowest BCUT2D eigenvalue weighted by molar-refractivity contribution is -0.135. The molecular weight excluding hydrogens is 314 g/mol. The van der Waals surface area contributed by atoms with Gasteiger partial charge in [-0.1, -0.05) is 19.9 Å². The molecule has 0 aromatic carbocycles. The van der Waals surface area contributed by atoms with Gasteiger partial charge in [0.15, 0.2) is 0 Å². The number of fused-ring (bicyclic) bond motifs is 4. The Labute approximate surface area is 143 Å². The summed E-state index contributed by atoms with van der Waals surface area (Å²) in [5, 5.41) is 0. The van der Waals surface area contributed by atoms with E-state index in [9.17, 15) is 9.59 Å². The Balaban J connectivity index is 0.00000192. The second kappa shape index (κ2) is 7.05. The van der Waals surface area contributed by atoms with Crippen molar-refractivity contribution < 1.29 is 4.79 Å². The standard InChI is InChI=1S/C17H25N3O2.ClH/c1-11(2)6-14(18)17(22)19-8-12-7-13(10-19)15-4-3-5-16(21)20(15)9-12;/h3-5,11-14H,6-10,18H2,1-2H3;1H/t12-,13?,14+;/m0./s1. The Bertz CT molecular complexity index is 629. The number of nitrogens with two attached hydrogens (primary N) is 1. The Morgan fingerprint density at radius 1 is 1.30 bits per heavy atom. The molecule has 2 bridgehead atoms. The van der Waals surface area contributed by atoms with Crippen LogP contribution in [0.3, 0.4) is 0 Å². The third-order valence-corrected chi connectivity index (χ3v) is 4.83. The molecule has 23 heavy (non-hydrogen) atoms. The third kappa shape index (κ3) is 3.61. The van der Waals surface area contributed by atoms with Crippen LogP contribution < -0.4 is 11.3 Å². The Hall–Kier alpha value is -1.33. The molecule has 0 saturated carbocycles. The van der Waals surface area contributed by atoms with Gasteiger partial charge in [0.1, 0.15) is 0 Å². The first-order chi connectivity index (χ1) is 10.5. The number of rotatable bonds is 3. The van der Waals surface area contributed by atoms with Gasteiger partial charge in [-0.2, -0.15) is 0 Å². The fourth-order valence-electron chi connectivity index (χ4n) is 3.92. The van der Waals surface area contributed by atoms with Gasteiger partial charge in [0, 0.05) is 37.3 Å². The van der Waals surface area contributed by atoms with Crippen LogP contribution in [0.4, 0.5) is 0 Å². The summed E-state index contributed by atoms with van der Waals surface area (Å²) in [6.07, 6.45) is 1.79. The van der Waals surface area contributed by atoms with Gasteiger partial charge in [0.05, 0.1) is 6.04 Å². The van der Waals surface area contributed by atoms with E-state index in [0.29, 0.717) is 24.9 Å². The third-order valence-electron chi connectivity index (χ3n) is 4.83. The molecule has 1 fully saturated rings. The molecule has 2 N–H and O–H groups in total. The molecule has 0 spiro atoms. The maximum Gasteiger partial charge on any atom is 0.250 e. The van der Waals surface area contributed by atoms with Crippen LogP contribution in [0.1, 0.15) is 38.3 Å². The van der Waals surface area contributed by atoms with E-state index in [0.717, 1.165) is 25.1 Å². The predicted molar refractivity (Wildman–Crippen MR) is 92.8 cm³/mol. The van der Waals surface area contributed by atoms with E-state index in [1.807, 2.05) is 21.6 Å². The first-order valence-electron chi connectivity index (χ1n) is 8.19. The van der Waals surface area contributed by atoms with Crippen molar-refractivity contribution in [2.24, 2.45) is 17.6 Å². The largest absolute Gasteiger partial charge is 0.340 e.